The molecule has 0 fully saturated rings. The third kappa shape index (κ3) is 2.38. The number of rotatable bonds is 3. The Balaban J connectivity index is 2.33. The Morgan fingerprint density at radius 1 is 1.35 bits per heavy atom. The predicted octanol–water partition coefficient (Wildman–Crippen LogP) is 2.80. The quantitative estimate of drug-likeness (QED) is 0.794. The van der Waals surface area contributed by atoms with Gasteiger partial charge >= 0.3 is 0 Å². The number of likely N-dealkylation sites (N-methyl/N-ethyl adjacent to an activating group) is 1. The molecule has 0 aromatic heterocycles. The van der Waals surface area contributed by atoms with E-state index in [4.69, 9.17) is 4.74 Å². The van der Waals surface area contributed by atoms with Crippen molar-refractivity contribution < 1.29 is 4.74 Å². The molecule has 0 aliphatic carbocycles. The van der Waals surface area contributed by atoms with Crippen LogP contribution in [-0.2, 0) is 0 Å². The van der Waals surface area contributed by atoms with Crippen LogP contribution in [0.3, 0.4) is 0 Å². The third-order valence-electron chi connectivity index (χ3n) is 2.66. The standard InChI is InChI=1S/C14H16N2O/c1-4-16-11(2)8-9-14(15-16)12-6-5-7-13(10-12)17-3/h5-10H,2,4H2,1,3H3. The van der Waals surface area contributed by atoms with Crippen molar-refractivity contribution in [2.75, 3.05) is 13.7 Å². The lowest BCUT2D eigenvalue weighted by Gasteiger charge is -2.22. The molecule has 17 heavy (non-hydrogen) atoms. The maximum Gasteiger partial charge on any atom is 0.119 e. The van der Waals surface area contributed by atoms with Crippen molar-refractivity contribution in [3.63, 3.8) is 0 Å². The van der Waals surface area contributed by atoms with E-state index < -0.39 is 0 Å². The van der Waals surface area contributed by atoms with Gasteiger partial charge in [-0.1, -0.05) is 18.7 Å². The summed E-state index contributed by atoms with van der Waals surface area (Å²) >= 11 is 0. The fourth-order valence-corrected chi connectivity index (χ4v) is 1.70. The van der Waals surface area contributed by atoms with Gasteiger partial charge < -0.3 is 4.74 Å². The Morgan fingerprint density at radius 3 is 2.88 bits per heavy atom. The van der Waals surface area contributed by atoms with Crippen LogP contribution >= 0.6 is 0 Å². The predicted molar refractivity (Wildman–Crippen MR) is 70.2 cm³/mol. The Bertz CT molecular complexity index is 489. The largest absolute Gasteiger partial charge is 0.497 e. The van der Waals surface area contributed by atoms with Crippen LogP contribution in [0, 0.1) is 0 Å². The van der Waals surface area contributed by atoms with Crippen LogP contribution in [0.1, 0.15) is 12.5 Å². The van der Waals surface area contributed by atoms with Crippen molar-refractivity contribution in [1.82, 2.24) is 5.01 Å². The molecule has 1 aliphatic rings. The number of nitrogens with zero attached hydrogens (tertiary/aromatic N) is 2. The lowest BCUT2D eigenvalue weighted by molar-refractivity contribution is 0.396. The van der Waals surface area contributed by atoms with E-state index in [1.807, 2.05) is 41.4 Å². The second kappa shape index (κ2) is 4.87. The Labute approximate surface area is 102 Å². The van der Waals surface area contributed by atoms with Gasteiger partial charge in [-0.2, -0.15) is 5.10 Å². The maximum absolute atomic E-state index is 5.21. The average Bonchev–Trinajstić information content (AvgIpc) is 2.39. The number of hydrogen-bond acceptors (Lipinski definition) is 3. The monoisotopic (exact) mass is 228 g/mol. The first-order valence-electron chi connectivity index (χ1n) is 5.62. The van der Waals surface area contributed by atoms with Crippen LogP contribution in [0.4, 0.5) is 0 Å². The number of ether oxygens (including phenoxy) is 1. The summed E-state index contributed by atoms with van der Waals surface area (Å²) in [6, 6.07) is 7.88. The molecule has 0 unspecified atom stereocenters. The molecule has 0 bridgehead atoms. The molecule has 0 N–H and O–H groups in total. The number of hydrogen-bond donors (Lipinski definition) is 0. The van der Waals surface area contributed by atoms with Crippen LogP contribution in [0.25, 0.3) is 0 Å². The second-order valence-corrected chi connectivity index (χ2v) is 3.76. The molecule has 1 aromatic rings. The smallest absolute Gasteiger partial charge is 0.119 e. The first kappa shape index (κ1) is 11.5. The molecule has 3 heteroatoms. The lowest BCUT2D eigenvalue weighted by Crippen LogP contribution is -2.20. The van der Waals surface area contributed by atoms with Crippen molar-refractivity contribution >= 4 is 5.71 Å². The summed E-state index contributed by atoms with van der Waals surface area (Å²) in [4.78, 5) is 0. The van der Waals surface area contributed by atoms with E-state index in [0.717, 1.165) is 29.3 Å². The zero-order valence-corrected chi connectivity index (χ0v) is 10.2. The van der Waals surface area contributed by atoms with E-state index in [-0.39, 0.29) is 0 Å². The molecule has 1 aliphatic heterocycles. The summed E-state index contributed by atoms with van der Waals surface area (Å²) in [5, 5.41) is 6.42. The molecule has 3 nitrogen and oxygen atoms in total. The van der Waals surface area contributed by atoms with E-state index in [1.165, 1.54) is 0 Å². The normalized spacial score (nSPS) is 14.8. The van der Waals surface area contributed by atoms with Gasteiger partial charge in [-0.25, -0.2) is 0 Å². The summed E-state index contributed by atoms with van der Waals surface area (Å²) in [6.07, 6.45) is 3.95. The fourth-order valence-electron chi connectivity index (χ4n) is 1.70. The van der Waals surface area contributed by atoms with Crippen molar-refractivity contribution in [2.24, 2.45) is 5.10 Å². The second-order valence-electron chi connectivity index (χ2n) is 3.76. The highest BCUT2D eigenvalue weighted by Gasteiger charge is 2.10. The van der Waals surface area contributed by atoms with E-state index in [9.17, 15) is 0 Å². The SMILES string of the molecule is C=C1C=CC(c2cccc(OC)c2)=NN1CC. The summed E-state index contributed by atoms with van der Waals surface area (Å²) in [7, 11) is 1.66. The van der Waals surface area contributed by atoms with Crippen molar-refractivity contribution in [2.45, 2.75) is 6.92 Å². The van der Waals surface area contributed by atoms with Crippen LogP contribution in [-0.4, -0.2) is 24.4 Å². The van der Waals surface area contributed by atoms with Crippen molar-refractivity contribution in [3.8, 4) is 5.75 Å². The minimum absolute atomic E-state index is 0.816. The molecule has 0 spiro atoms. The molecule has 88 valence electrons. The summed E-state index contributed by atoms with van der Waals surface area (Å²) in [5.41, 5.74) is 2.89. The molecular formula is C14H16N2O. The molecule has 1 heterocycles. The number of allylic oxidation sites excluding steroid dienone is 2. The van der Waals surface area contributed by atoms with Gasteiger partial charge in [0.05, 0.1) is 18.5 Å². The molecule has 0 amide bonds. The first-order valence-corrected chi connectivity index (χ1v) is 5.62. The summed E-state index contributed by atoms with van der Waals surface area (Å²) in [5.74, 6) is 0.839. The topological polar surface area (TPSA) is 24.8 Å². The minimum Gasteiger partial charge on any atom is -0.497 e. The van der Waals surface area contributed by atoms with Gasteiger partial charge in [0.1, 0.15) is 5.75 Å². The van der Waals surface area contributed by atoms with Gasteiger partial charge in [-0.05, 0) is 31.2 Å². The number of benzene rings is 1. The van der Waals surface area contributed by atoms with Crippen LogP contribution in [0.15, 0.2) is 53.8 Å². The highest BCUT2D eigenvalue weighted by molar-refractivity contribution is 6.09. The van der Waals surface area contributed by atoms with Crippen molar-refractivity contribution in [3.05, 3.63) is 54.3 Å². The Kier molecular flexibility index (Phi) is 3.28. The minimum atomic E-state index is 0.816. The zero-order valence-electron chi connectivity index (χ0n) is 10.2. The Morgan fingerprint density at radius 2 is 2.18 bits per heavy atom. The molecule has 0 atom stereocenters. The van der Waals surface area contributed by atoms with Crippen molar-refractivity contribution in [1.29, 1.82) is 0 Å². The van der Waals surface area contributed by atoms with E-state index in [0.29, 0.717) is 0 Å². The number of hydrazone groups is 1. The van der Waals surface area contributed by atoms with Gasteiger partial charge in [0.25, 0.3) is 0 Å². The van der Waals surface area contributed by atoms with Gasteiger partial charge in [-0.15, -0.1) is 0 Å². The third-order valence-corrected chi connectivity index (χ3v) is 2.66. The van der Waals surface area contributed by atoms with E-state index >= 15 is 0 Å². The van der Waals surface area contributed by atoms with E-state index in [2.05, 4.69) is 18.6 Å². The highest BCUT2D eigenvalue weighted by atomic mass is 16.5. The summed E-state index contributed by atoms with van der Waals surface area (Å²) in [6.45, 7) is 6.80. The average molecular weight is 228 g/mol. The fraction of sp³-hybridized carbons (Fsp3) is 0.214. The van der Waals surface area contributed by atoms with Gasteiger partial charge in [0.2, 0.25) is 0 Å². The van der Waals surface area contributed by atoms with E-state index in [1.54, 1.807) is 7.11 Å². The maximum atomic E-state index is 5.21. The lowest BCUT2D eigenvalue weighted by atomic mass is 10.1. The molecule has 2 rings (SSSR count). The molecule has 0 saturated carbocycles. The highest BCUT2D eigenvalue weighted by Crippen LogP contribution is 2.18. The van der Waals surface area contributed by atoms with Gasteiger partial charge in [-0.3, -0.25) is 5.01 Å². The molecule has 0 radical (unpaired) electrons. The van der Waals surface area contributed by atoms with Crippen LogP contribution < -0.4 is 4.74 Å². The van der Waals surface area contributed by atoms with Gasteiger partial charge in [0, 0.05) is 12.1 Å². The van der Waals surface area contributed by atoms with Gasteiger partial charge in [0.15, 0.2) is 0 Å². The zero-order chi connectivity index (χ0) is 12.3. The Hall–Kier alpha value is -2.03. The number of methoxy groups -OCH3 is 1. The molecular weight excluding hydrogens is 212 g/mol. The summed E-state index contributed by atoms with van der Waals surface area (Å²) < 4.78 is 5.21. The molecule has 0 saturated heterocycles. The van der Waals surface area contributed by atoms with Crippen LogP contribution in [0.5, 0.6) is 5.75 Å². The molecule has 1 aromatic carbocycles. The first-order chi connectivity index (χ1) is 8.24. The van der Waals surface area contributed by atoms with Crippen LogP contribution in [0.2, 0.25) is 0 Å².